The molecule has 0 fully saturated rings. The Balaban J connectivity index is 1.69. The number of aliphatic carboxylic acids is 1. The Bertz CT molecular complexity index is 896. The molecule has 140 valence electrons. The summed E-state index contributed by atoms with van der Waals surface area (Å²) in [7, 11) is 0. The van der Waals surface area contributed by atoms with E-state index in [9.17, 15) is 14.4 Å². The van der Waals surface area contributed by atoms with Gasteiger partial charge >= 0.3 is 5.97 Å². The van der Waals surface area contributed by atoms with Crippen LogP contribution in [0.5, 0.6) is 11.5 Å². The summed E-state index contributed by atoms with van der Waals surface area (Å²) in [6, 6.07) is 11.7. The number of anilines is 1. The second kappa shape index (κ2) is 7.77. The third-order valence-corrected chi connectivity index (χ3v) is 3.90. The van der Waals surface area contributed by atoms with Crippen LogP contribution in [-0.2, 0) is 16.1 Å². The van der Waals surface area contributed by atoms with Crippen molar-refractivity contribution in [3.05, 3.63) is 53.6 Å². The number of ether oxygens (including phenoxy) is 2. The Hall–Kier alpha value is -3.55. The van der Waals surface area contributed by atoms with Gasteiger partial charge in [0.25, 0.3) is 11.8 Å². The summed E-state index contributed by atoms with van der Waals surface area (Å²) in [4.78, 5) is 34.8. The maximum Gasteiger partial charge on any atom is 0.341 e. The smallest absolute Gasteiger partial charge is 0.341 e. The van der Waals surface area contributed by atoms with Gasteiger partial charge in [0.05, 0.1) is 11.3 Å². The molecule has 1 heterocycles. The van der Waals surface area contributed by atoms with E-state index in [0.717, 1.165) is 5.56 Å². The van der Waals surface area contributed by atoms with Crippen LogP contribution in [-0.4, -0.2) is 35.6 Å². The predicted octanol–water partition coefficient (Wildman–Crippen LogP) is 1.80. The second-order valence-corrected chi connectivity index (χ2v) is 5.94. The largest absolute Gasteiger partial charge is 0.482 e. The molecule has 8 heteroatoms. The van der Waals surface area contributed by atoms with Gasteiger partial charge in [-0.1, -0.05) is 18.2 Å². The van der Waals surface area contributed by atoms with E-state index >= 15 is 0 Å². The summed E-state index contributed by atoms with van der Waals surface area (Å²) in [6.45, 7) is 1.39. The summed E-state index contributed by atoms with van der Waals surface area (Å²) in [5.74, 6) is -0.948. The Labute approximate surface area is 155 Å². The lowest BCUT2D eigenvalue weighted by Gasteiger charge is -2.25. The minimum absolute atomic E-state index is 0.217. The molecule has 1 aliphatic heterocycles. The average Bonchev–Trinajstić information content (AvgIpc) is 2.65. The van der Waals surface area contributed by atoms with Crippen LogP contribution in [0.2, 0.25) is 0 Å². The van der Waals surface area contributed by atoms with Crippen molar-refractivity contribution in [2.24, 2.45) is 0 Å². The molecule has 1 aliphatic rings. The summed E-state index contributed by atoms with van der Waals surface area (Å²) in [5, 5.41) is 14.1. The number of para-hydroxylation sites is 1. The van der Waals surface area contributed by atoms with Gasteiger partial charge in [0, 0.05) is 6.54 Å². The maximum atomic E-state index is 12.6. The number of rotatable bonds is 6. The molecule has 0 bridgehead atoms. The van der Waals surface area contributed by atoms with Crippen molar-refractivity contribution in [2.75, 3.05) is 11.9 Å². The highest BCUT2D eigenvalue weighted by atomic mass is 16.5. The molecule has 0 saturated carbocycles. The SMILES string of the molecule is C[C@@H]1Oc2c(cccc2C(=O)NCc2cccc(OCC(=O)O)c2)NC1=O. The predicted molar refractivity (Wildman–Crippen MR) is 95.9 cm³/mol. The monoisotopic (exact) mass is 370 g/mol. The van der Waals surface area contributed by atoms with Crippen molar-refractivity contribution >= 4 is 23.5 Å². The number of hydrogen-bond acceptors (Lipinski definition) is 5. The number of hydrogen-bond donors (Lipinski definition) is 3. The fraction of sp³-hybridized carbons (Fsp3) is 0.211. The lowest BCUT2D eigenvalue weighted by molar-refractivity contribution is -0.139. The van der Waals surface area contributed by atoms with E-state index in [0.29, 0.717) is 22.7 Å². The molecule has 3 rings (SSSR count). The van der Waals surface area contributed by atoms with Crippen LogP contribution >= 0.6 is 0 Å². The number of amides is 2. The van der Waals surface area contributed by atoms with Crippen LogP contribution in [0, 0.1) is 0 Å². The number of carbonyl (C=O) groups is 3. The number of carboxylic acid groups (broad SMARTS) is 1. The van der Waals surface area contributed by atoms with Crippen molar-refractivity contribution in [3.63, 3.8) is 0 Å². The average molecular weight is 370 g/mol. The van der Waals surface area contributed by atoms with E-state index in [-0.39, 0.29) is 18.4 Å². The topological polar surface area (TPSA) is 114 Å². The Morgan fingerprint density at radius 3 is 2.81 bits per heavy atom. The third-order valence-electron chi connectivity index (χ3n) is 3.90. The van der Waals surface area contributed by atoms with Gasteiger partial charge in [-0.2, -0.15) is 0 Å². The number of benzene rings is 2. The molecule has 3 N–H and O–H groups in total. The molecule has 0 radical (unpaired) electrons. The lowest BCUT2D eigenvalue weighted by atomic mass is 10.1. The molecular weight excluding hydrogens is 352 g/mol. The molecule has 0 aromatic heterocycles. The molecule has 8 nitrogen and oxygen atoms in total. The van der Waals surface area contributed by atoms with Crippen LogP contribution in [0.3, 0.4) is 0 Å². The first-order chi connectivity index (χ1) is 12.9. The molecule has 27 heavy (non-hydrogen) atoms. The van der Waals surface area contributed by atoms with Gasteiger partial charge in [0.2, 0.25) is 0 Å². The van der Waals surface area contributed by atoms with Gasteiger partial charge < -0.3 is 25.2 Å². The van der Waals surface area contributed by atoms with Crippen molar-refractivity contribution in [1.82, 2.24) is 5.32 Å². The molecule has 0 unspecified atom stereocenters. The Morgan fingerprint density at radius 2 is 2.04 bits per heavy atom. The molecule has 2 aromatic rings. The number of carboxylic acids is 1. The normalized spacial score (nSPS) is 15.1. The Kier molecular flexibility index (Phi) is 5.25. The summed E-state index contributed by atoms with van der Waals surface area (Å²) >= 11 is 0. The number of carbonyl (C=O) groups excluding carboxylic acids is 2. The number of nitrogens with one attached hydrogen (secondary N) is 2. The standard InChI is InChI=1S/C19H18N2O6/c1-11-18(24)21-15-7-3-6-14(17(15)27-11)19(25)20-9-12-4-2-5-13(8-12)26-10-16(22)23/h2-8,11H,9-10H2,1H3,(H,20,25)(H,21,24)(H,22,23)/t11-/m0/s1. The van der Waals surface area contributed by atoms with Crippen LogP contribution in [0.15, 0.2) is 42.5 Å². The number of fused-ring (bicyclic) bond motifs is 1. The van der Waals surface area contributed by atoms with Gasteiger partial charge in [0.1, 0.15) is 5.75 Å². The van der Waals surface area contributed by atoms with E-state index in [1.807, 2.05) is 0 Å². The quantitative estimate of drug-likeness (QED) is 0.714. The lowest BCUT2D eigenvalue weighted by Crippen LogP contribution is -2.35. The second-order valence-electron chi connectivity index (χ2n) is 5.94. The summed E-state index contributed by atoms with van der Waals surface area (Å²) in [6.07, 6.45) is -0.686. The minimum atomic E-state index is -1.07. The molecule has 2 aromatic carbocycles. The zero-order valence-electron chi connectivity index (χ0n) is 14.5. The van der Waals surface area contributed by atoms with E-state index in [1.54, 1.807) is 49.4 Å². The van der Waals surface area contributed by atoms with E-state index in [1.165, 1.54) is 0 Å². The Morgan fingerprint density at radius 1 is 1.26 bits per heavy atom. The molecule has 0 saturated heterocycles. The van der Waals surface area contributed by atoms with Gasteiger partial charge in [0.15, 0.2) is 18.5 Å². The maximum absolute atomic E-state index is 12.6. The fourth-order valence-electron chi connectivity index (χ4n) is 2.57. The molecule has 0 aliphatic carbocycles. The van der Waals surface area contributed by atoms with Crippen LogP contribution < -0.4 is 20.1 Å². The van der Waals surface area contributed by atoms with Gasteiger partial charge in [-0.25, -0.2) is 4.79 Å². The molecule has 1 atom stereocenters. The zero-order valence-corrected chi connectivity index (χ0v) is 14.5. The highest BCUT2D eigenvalue weighted by Crippen LogP contribution is 2.33. The molecule has 2 amide bonds. The first-order valence-corrected chi connectivity index (χ1v) is 8.26. The van der Waals surface area contributed by atoms with Crippen LogP contribution in [0.1, 0.15) is 22.8 Å². The van der Waals surface area contributed by atoms with Gasteiger partial charge in [-0.15, -0.1) is 0 Å². The minimum Gasteiger partial charge on any atom is -0.482 e. The summed E-state index contributed by atoms with van der Waals surface area (Å²) < 4.78 is 10.7. The third kappa shape index (κ3) is 4.35. The highest BCUT2D eigenvalue weighted by molar-refractivity contribution is 6.03. The van der Waals surface area contributed by atoms with Crippen molar-refractivity contribution < 1.29 is 29.0 Å². The van der Waals surface area contributed by atoms with Gasteiger partial charge in [-0.05, 0) is 36.8 Å². The van der Waals surface area contributed by atoms with E-state index < -0.39 is 18.7 Å². The van der Waals surface area contributed by atoms with E-state index in [4.69, 9.17) is 14.6 Å². The van der Waals surface area contributed by atoms with Crippen LogP contribution in [0.25, 0.3) is 0 Å². The first kappa shape index (κ1) is 18.2. The summed E-state index contributed by atoms with van der Waals surface area (Å²) in [5.41, 5.74) is 1.52. The van der Waals surface area contributed by atoms with E-state index in [2.05, 4.69) is 10.6 Å². The van der Waals surface area contributed by atoms with Crippen molar-refractivity contribution in [2.45, 2.75) is 19.6 Å². The zero-order chi connectivity index (χ0) is 19.4. The van der Waals surface area contributed by atoms with Gasteiger partial charge in [-0.3, -0.25) is 9.59 Å². The molecular formula is C19H18N2O6. The van der Waals surface area contributed by atoms with Crippen molar-refractivity contribution in [1.29, 1.82) is 0 Å². The van der Waals surface area contributed by atoms with Crippen LogP contribution in [0.4, 0.5) is 5.69 Å². The fourth-order valence-corrected chi connectivity index (χ4v) is 2.57. The van der Waals surface area contributed by atoms with Crippen molar-refractivity contribution in [3.8, 4) is 11.5 Å². The molecule has 0 spiro atoms. The first-order valence-electron chi connectivity index (χ1n) is 8.26. The highest BCUT2D eigenvalue weighted by Gasteiger charge is 2.27.